The maximum Gasteiger partial charge on any atom is 0.273 e. The number of methoxy groups -OCH3 is 1. The Bertz CT molecular complexity index is 448. The first kappa shape index (κ1) is 14.2. The van der Waals surface area contributed by atoms with Crippen molar-refractivity contribution in [3.8, 4) is 11.5 Å². The Balaban J connectivity index is 3.33. The van der Waals surface area contributed by atoms with Gasteiger partial charge in [-0.05, 0) is 5.92 Å². The summed E-state index contributed by atoms with van der Waals surface area (Å²) in [6.07, 6.45) is 0.811. The van der Waals surface area contributed by atoms with E-state index in [1.54, 1.807) is 0 Å². The van der Waals surface area contributed by atoms with Crippen molar-refractivity contribution in [2.45, 2.75) is 26.3 Å². The monoisotopic (exact) mass is 254 g/mol. The third kappa shape index (κ3) is 2.70. The van der Waals surface area contributed by atoms with Crippen molar-refractivity contribution in [3.63, 3.8) is 0 Å². The van der Waals surface area contributed by atoms with Gasteiger partial charge < -0.3 is 15.6 Å². The van der Waals surface area contributed by atoms with Crippen LogP contribution in [-0.2, 0) is 0 Å². The number of aromatic hydroxyl groups is 1. The SMILES string of the molecule is CCC(C)[C@H](N)c1cc([N+](=O)[O-])cc(OC)c1O. The average molecular weight is 254 g/mol. The van der Waals surface area contributed by atoms with E-state index in [0.29, 0.717) is 5.56 Å². The van der Waals surface area contributed by atoms with E-state index >= 15 is 0 Å². The van der Waals surface area contributed by atoms with Crippen LogP contribution in [0.3, 0.4) is 0 Å². The van der Waals surface area contributed by atoms with E-state index in [1.165, 1.54) is 19.2 Å². The van der Waals surface area contributed by atoms with E-state index in [4.69, 9.17) is 10.5 Å². The van der Waals surface area contributed by atoms with Gasteiger partial charge in [0.1, 0.15) is 0 Å². The van der Waals surface area contributed by atoms with Gasteiger partial charge in [0, 0.05) is 17.7 Å². The van der Waals surface area contributed by atoms with Crippen LogP contribution >= 0.6 is 0 Å². The fraction of sp³-hybridized carbons (Fsp3) is 0.500. The first-order valence-corrected chi connectivity index (χ1v) is 5.73. The van der Waals surface area contributed by atoms with Gasteiger partial charge in [-0.3, -0.25) is 10.1 Å². The van der Waals surface area contributed by atoms with Crippen molar-refractivity contribution >= 4 is 5.69 Å². The highest BCUT2D eigenvalue weighted by atomic mass is 16.6. The Morgan fingerprint density at radius 2 is 2.17 bits per heavy atom. The lowest BCUT2D eigenvalue weighted by Gasteiger charge is -2.20. The molecule has 1 aromatic carbocycles. The molecule has 1 rings (SSSR count). The molecule has 6 nitrogen and oxygen atoms in total. The summed E-state index contributed by atoms with van der Waals surface area (Å²) in [5, 5.41) is 20.8. The molecule has 0 amide bonds. The second kappa shape index (κ2) is 5.68. The smallest absolute Gasteiger partial charge is 0.273 e. The van der Waals surface area contributed by atoms with E-state index < -0.39 is 11.0 Å². The third-order valence-electron chi connectivity index (χ3n) is 3.14. The number of nitrogens with two attached hydrogens (primary N) is 1. The molecule has 2 atom stereocenters. The van der Waals surface area contributed by atoms with Crippen LogP contribution in [0.2, 0.25) is 0 Å². The molecule has 18 heavy (non-hydrogen) atoms. The van der Waals surface area contributed by atoms with Crippen molar-refractivity contribution in [1.82, 2.24) is 0 Å². The van der Waals surface area contributed by atoms with Gasteiger partial charge in [-0.15, -0.1) is 0 Å². The predicted octanol–water partition coefficient (Wildman–Crippen LogP) is 2.35. The fourth-order valence-corrected chi connectivity index (χ4v) is 1.69. The molecule has 0 saturated carbocycles. The lowest BCUT2D eigenvalue weighted by molar-refractivity contribution is -0.385. The molecule has 3 N–H and O–H groups in total. The summed E-state index contributed by atoms with van der Waals surface area (Å²) in [5.41, 5.74) is 6.21. The molecular weight excluding hydrogens is 236 g/mol. The highest BCUT2D eigenvalue weighted by molar-refractivity contribution is 5.54. The summed E-state index contributed by atoms with van der Waals surface area (Å²) in [5.74, 6) is 0.0384. The van der Waals surface area contributed by atoms with E-state index in [0.717, 1.165) is 6.42 Å². The minimum absolute atomic E-state index is 0.0675. The van der Waals surface area contributed by atoms with E-state index in [1.807, 2.05) is 13.8 Å². The Morgan fingerprint density at radius 1 is 1.56 bits per heavy atom. The zero-order chi connectivity index (χ0) is 13.9. The maximum atomic E-state index is 10.8. The first-order chi connectivity index (χ1) is 8.42. The maximum absolute atomic E-state index is 10.8. The van der Waals surface area contributed by atoms with Crippen molar-refractivity contribution in [1.29, 1.82) is 0 Å². The molecule has 6 heteroatoms. The number of phenolic OH excluding ortho intramolecular Hbond substituents is 1. The quantitative estimate of drug-likeness (QED) is 0.620. The summed E-state index contributed by atoms with van der Waals surface area (Å²) < 4.78 is 4.93. The standard InChI is InChI=1S/C12H18N2O4/c1-4-7(2)11(13)9-5-8(14(16)17)6-10(18-3)12(9)15/h5-7,11,15H,4,13H2,1-3H3/t7?,11-/m0/s1. The number of hydrogen-bond acceptors (Lipinski definition) is 5. The van der Waals surface area contributed by atoms with Gasteiger partial charge >= 0.3 is 0 Å². The van der Waals surface area contributed by atoms with Crippen LogP contribution in [0.15, 0.2) is 12.1 Å². The van der Waals surface area contributed by atoms with Crippen LogP contribution in [0.25, 0.3) is 0 Å². The molecule has 0 aliphatic carbocycles. The molecule has 0 heterocycles. The van der Waals surface area contributed by atoms with Gasteiger partial charge in [0.25, 0.3) is 5.69 Å². The lowest BCUT2D eigenvalue weighted by atomic mass is 9.92. The van der Waals surface area contributed by atoms with Crippen molar-refractivity contribution < 1.29 is 14.8 Å². The molecule has 0 aliphatic heterocycles. The van der Waals surface area contributed by atoms with Gasteiger partial charge in [-0.25, -0.2) is 0 Å². The number of ether oxygens (including phenoxy) is 1. The van der Waals surface area contributed by atoms with Gasteiger partial charge in [-0.1, -0.05) is 20.3 Å². The molecule has 0 aliphatic rings. The molecule has 1 aromatic rings. The number of rotatable bonds is 5. The first-order valence-electron chi connectivity index (χ1n) is 5.73. The average Bonchev–Trinajstić information content (AvgIpc) is 2.36. The Morgan fingerprint density at radius 3 is 2.61 bits per heavy atom. The van der Waals surface area contributed by atoms with E-state index in [-0.39, 0.29) is 23.1 Å². The third-order valence-corrected chi connectivity index (χ3v) is 3.14. The molecule has 0 spiro atoms. The second-order valence-corrected chi connectivity index (χ2v) is 4.25. The normalized spacial score (nSPS) is 14.0. The number of nitro groups is 1. The predicted molar refractivity (Wildman–Crippen MR) is 67.7 cm³/mol. The van der Waals surface area contributed by atoms with Crippen LogP contribution in [0, 0.1) is 16.0 Å². The Labute approximate surface area is 106 Å². The van der Waals surface area contributed by atoms with Gasteiger partial charge in [0.2, 0.25) is 0 Å². The summed E-state index contributed by atoms with van der Waals surface area (Å²) in [7, 11) is 1.34. The van der Waals surface area contributed by atoms with Crippen LogP contribution in [0.4, 0.5) is 5.69 Å². The highest BCUT2D eigenvalue weighted by Gasteiger charge is 2.23. The summed E-state index contributed by atoms with van der Waals surface area (Å²) in [6.45, 7) is 3.89. The Hall–Kier alpha value is -1.82. The lowest BCUT2D eigenvalue weighted by Crippen LogP contribution is -2.19. The van der Waals surface area contributed by atoms with Crippen molar-refractivity contribution in [3.05, 3.63) is 27.8 Å². The van der Waals surface area contributed by atoms with Gasteiger partial charge in [0.15, 0.2) is 11.5 Å². The number of benzene rings is 1. The molecule has 100 valence electrons. The van der Waals surface area contributed by atoms with Gasteiger partial charge in [0.05, 0.1) is 18.1 Å². The molecule has 1 unspecified atom stereocenters. The zero-order valence-corrected chi connectivity index (χ0v) is 10.7. The molecule has 0 saturated heterocycles. The summed E-state index contributed by atoms with van der Waals surface area (Å²) in [4.78, 5) is 10.3. The van der Waals surface area contributed by atoms with E-state index in [9.17, 15) is 15.2 Å². The molecular formula is C12H18N2O4. The zero-order valence-electron chi connectivity index (χ0n) is 10.7. The Kier molecular flexibility index (Phi) is 4.49. The van der Waals surface area contributed by atoms with Crippen LogP contribution in [0.1, 0.15) is 31.9 Å². The fourth-order valence-electron chi connectivity index (χ4n) is 1.69. The second-order valence-electron chi connectivity index (χ2n) is 4.25. The number of non-ortho nitro benzene ring substituents is 1. The van der Waals surface area contributed by atoms with Crippen LogP contribution < -0.4 is 10.5 Å². The van der Waals surface area contributed by atoms with Gasteiger partial charge in [-0.2, -0.15) is 0 Å². The minimum Gasteiger partial charge on any atom is -0.504 e. The minimum atomic E-state index is -0.533. The number of hydrogen-bond donors (Lipinski definition) is 2. The van der Waals surface area contributed by atoms with Crippen LogP contribution in [0.5, 0.6) is 11.5 Å². The van der Waals surface area contributed by atoms with Crippen molar-refractivity contribution in [2.24, 2.45) is 11.7 Å². The van der Waals surface area contributed by atoms with E-state index in [2.05, 4.69) is 0 Å². The number of phenols is 1. The topological polar surface area (TPSA) is 98.6 Å². The highest BCUT2D eigenvalue weighted by Crippen LogP contribution is 2.39. The van der Waals surface area contributed by atoms with Crippen molar-refractivity contribution in [2.75, 3.05) is 7.11 Å². The molecule has 0 radical (unpaired) electrons. The molecule has 0 bridgehead atoms. The number of nitro benzene ring substituents is 1. The van der Waals surface area contributed by atoms with Crippen LogP contribution in [-0.4, -0.2) is 17.1 Å². The summed E-state index contributed by atoms with van der Waals surface area (Å²) in [6, 6.07) is 2.01. The molecule has 0 fully saturated rings. The number of nitrogens with zero attached hydrogens (tertiary/aromatic N) is 1. The summed E-state index contributed by atoms with van der Waals surface area (Å²) >= 11 is 0. The largest absolute Gasteiger partial charge is 0.504 e. The molecule has 0 aromatic heterocycles.